The van der Waals surface area contributed by atoms with E-state index in [0.717, 1.165) is 44.9 Å². The Balaban J connectivity index is 1.77. The molecule has 98 valence electrons. The van der Waals surface area contributed by atoms with Crippen molar-refractivity contribution in [1.29, 1.82) is 0 Å². The predicted molar refractivity (Wildman–Crippen MR) is 73.0 cm³/mol. The molecule has 2 aliphatic heterocycles. The largest absolute Gasteiger partial charge is 0.490 e. The summed E-state index contributed by atoms with van der Waals surface area (Å²) in [5, 5.41) is 3.40. The molecule has 3 rings (SSSR count). The van der Waals surface area contributed by atoms with Crippen LogP contribution in [0.1, 0.15) is 24.5 Å². The maximum absolute atomic E-state index is 5.93. The smallest absolute Gasteiger partial charge is 0.123 e. The van der Waals surface area contributed by atoms with Gasteiger partial charge < -0.3 is 10.1 Å². The van der Waals surface area contributed by atoms with Gasteiger partial charge in [0.1, 0.15) is 5.75 Å². The molecule has 0 saturated carbocycles. The van der Waals surface area contributed by atoms with E-state index in [-0.39, 0.29) is 0 Å². The third-order valence-electron chi connectivity index (χ3n) is 3.96. The summed E-state index contributed by atoms with van der Waals surface area (Å²) in [7, 11) is 0. The first-order chi connectivity index (χ1) is 8.83. The van der Waals surface area contributed by atoms with Crippen molar-refractivity contribution in [3.05, 3.63) is 29.3 Å². The van der Waals surface area contributed by atoms with Crippen molar-refractivity contribution >= 4 is 0 Å². The highest BCUT2D eigenvalue weighted by atomic mass is 16.5. The van der Waals surface area contributed by atoms with Crippen LogP contribution < -0.4 is 10.1 Å². The molecule has 0 spiro atoms. The van der Waals surface area contributed by atoms with Gasteiger partial charge in [-0.1, -0.05) is 12.1 Å². The van der Waals surface area contributed by atoms with Crippen LogP contribution in [0.15, 0.2) is 18.2 Å². The van der Waals surface area contributed by atoms with Crippen LogP contribution in [0.4, 0.5) is 0 Å². The zero-order chi connectivity index (χ0) is 12.4. The van der Waals surface area contributed by atoms with Crippen molar-refractivity contribution in [3.63, 3.8) is 0 Å². The molecule has 0 radical (unpaired) electrons. The number of fused-ring (bicyclic) bond motifs is 1. The molecule has 3 nitrogen and oxygen atoms in total. The Morgan fingerprint density at radius 1 is 1.33 bits per heavy atom. The molecule has 1 fully saturated rings. The monoisotopic (exact) mass is 246 g/mol. The zero-order valence-electron chi connectivity index (χ0n) is 11.1. The van der Waals surface area contributed by atoms with E-state index in [0.29, 0.717) is 6.10 Å². The Labute approximate surface area is 109 Å². The number of nitrogens with zero attached hydrogens (tertiary/aromatic N) is 1. The highest BCUT2D eigenvalue weighted by Crippen LogP contribution is 2.30. The van der Waals surface area contributed by atoms with Crippen LogP contribution in [0.25, 0.3) is 0 Å². The molecule has 0 bridgehead atoms. The van der Waals surface area contributed by atoms with E-state index in [4.69, 9.17) is 4.74 Å². The van der Waals surface area contributed by atoms with Gasteiger partial charge in [-0.15, -0.1) is 0 Å². The molecule has 1 aromatic carbocycles. The van der Waals surface area contributed by atoms with Gasteiger partial charge >= 0.3 is 0 Å². The van der Waals surface area contributed by atoms with E-state index >= 15 is 0 Å². The maximum Gasteiger partial charge on any atom is 0.123 e. The van der Waals surface area contributed by atoms with E-state index in [2.05, 4.69) is 35.3 Å². The van der Waals surface area contributed by atoms with Gasteiger partial charge in [-0.05, 0) is 37.0 Å². The molecule has 2 heterocycles. The fraction of sp³-hybridized carbons (Fsp3) is 0.600. The second-order valence-corrected chi connectivity index (χ2v) is 5.39. The van der Waals surface area contributed by atoms with Gasteiger partial charge in [0.15, 0.2) is 0 Å². The molecule has 18 heavy (non-hydrogen) atoms. The van der Waals surface area contributed by atoms with Crippen LogP contribution in [-0.4, -0.2) is 37.2 Å². The van der Waals surface area contributed by atoms with Crippen molar-refractivity contribution in [3.8, 4) is 5.75 Å². The third kappa shape index (κ3) is 2.52. The molecule has 1 N–H and O–H groups in total. The minimum atomic E-state index is 0.368. The minimum Gasteiger partial charge on any atom is -0.490 e. The highest BCUT2D eigenvalue weighted by Gasteiger charge is 2.20. The lowest BCUT2D eigenvalue weighted by atomic mass is 9.97. The molecule has 3 heteroatoms. The zero-order valence-corrected chi connectivity index (χ0v) is 11.1. The summed E-state index contributed by atoms with van der Waals surface area (Å²) in [6.45, 7) is 7.77. The molecule has 0 aliphatic carbocycles. The van der Waals surface area contributed by atoms with Crippen molar-refractivity contribution in [2.24, 2.45) is 0 Å². The SMILES string of the molecule is CC1CCc2c(CN3CCNCC3)cccc2O1. The lowest BCUT2D eigenvalue weighted by Gasteiger charge is -2.30. The standard InChI is InChI=1S/C15H22N2O/c1-12-5-6-14-13(3-2-4-15(14)18-12)11-17-9-7-16-8-10-17/h2-4,12,16H,5-11H2,1H3. The Bertz CT molecular complexity index is 413. The van der Waals surface area contributed by atoms with Crippen LogP contribution in [0.2, 0.25) is 0 Å². The van der Waals surface area contributed by atoms with Gasteiger partial charge in [0.2, 0.25) is 0 Å². The average Bonchev–Trinajstić information content (AvgIpc) is 2.40. The Kier molecular flexibility index (Phi) is 3.52. The summed E-state index contributed by atoms with van der Waals surface area (Å²) in [4.78, 5) is 2.53. The van der Waals surface area contributed by atoms with Crippen LogP contribution in [0.3, 0.4) is 0 Å². The van der Waals surface area contributed by atoms with E-state index in [9.17, 15) is 0 Å². The predicted octanol–water partition coefficient (Wildman–Crippen LogP) is 1.81. The van der Waals surface area contributed by atoms with Gasteiger partial charge in [0.05, 0.1) is 6.10 Å². The van der Waals surface area contributed by atoms with Crippen molar-refractivity contribution in [2.45, 2.75) is 32.4 Å². The van der Waals surface area contributed by atoms with Gasteiger partial charge in [0, 0.05) is 32.7 Å². The quantitative estimate of drug-likeness (QED) is 0.861. The van der Waals surface area contributed by atoms with Crippen molar-refractivity contribution in [2.75, 3.05) is 26.2 Å². The summed E-state index contributed by atoms with van der Waals surface area (Å²) >= 11 is 0. The first-order valence-corrected chi connectivity index (χ1v) is 7.03. The fourth-order valence-electron chi connectivity index (χ4n) is 2.89. The molecule has 0 aromatic heterocycles. The van der Waals surface area contributed by atoms with Crippen LogP contribution in [-0.2, 0) is 13.0 Å². The first-order valence-electron chi connectivity index (χ1n) is 7.03. The molecule has 1 atom stereocenters. The minimum absolute atomic E-state index is 0.368. The number of hydrogen-bond donors (Lipinski definition) is 1. The first kappa shape index (κ1) is 12.0. The van der Waals surface area contributed by atoms with E-state index < -0.39 is 0 Å². The molecular weight excluding hydrogens is 224 g/mol. The van der Waals surface area contributed by atoms with Gasteiger partial charge in [0.25, 0.3) is 0 Å². The number of hydrogen-bond acceptors (Lipinski definition) is 3. The fourth-order valence-corrected chi connectivity index (χ4v) is 2.89. The maximum atomic E-state index is 5.93. The summed E-state index contributed by atoms with van der Waals surface area (Å²) in [6, 6.07) is 6.51. The molecule has 2 aliphatic rings. The number of nitrogens with one attached hydrogen (secondary N) is 1. The Hall–Kier alpha value is -1.06. The van der Waals surface area contributed by atoms with Gasteiger partial charge in [-0.3, -0.25) is 4.90 Å². The summed E-state index contributed by atoms with van der Waals surface area (Å²) in [6.07, 6.45) is 2.68. The third-order valence-corrected chi connectivity index (χ3v) is 3.96. The van der Waals surface area contributed by atoms with Crippen LogP contribution >= 0.6 is 0 Å². The Morgan fingerprint density at radius 2 is 2.17 bits per heavy atom. The lowest BCUT2D eigenvalue weighted by Crippen LogP contribution is -2.43. The summed E-state index contributed by atoms with van der Waals surface area (Å²) < 4.78 is 5.93. The normalized spacial score (nSPS) is 24.4. The van der Waals surface area contributed by atoms with E-state index in [1.54, 1.807) is 0 Å². The average molecular weight is 246 g/mol. The molecule has 1 aromatic rings. The Morgan fingerprint density at radius 3 is 3.00 bits per heavy atom. The second-order valence-electron chi connectivity index (χ2n) is 5.39. The van der Waals surface area contributed by atoms with Crippen molar-refractivity contribution in [1.82, 2.24) is 10.2 Å². The molecule has 1 saturated heterocycles. The topological polar surface area (TPSA) is 24.5 Å². The molecular formula is C15H22N2O. The summed E-state index contributed by atoms with van der Waals surface area (Å²) in [5.41, 5.74) is 2.90. The highest BCUT2D eigenvalue weighted by molar-refractivity contribution is 5.41. The van der Waals surface area contributed by atoms with Crippen molar-refractivity contribution < 1.29 is 4.74 Å². The number of piperazine rings is 1. The van der Waals surface area contributed by atoms with Crippen LogP contribution in [0, 0.1) is 0 Å². The van der Waals surface area contributed by atoms with Gasteiger partial charge in [-0.2, -0.15) is 0 Å². The number of rotatable bonds is 2. The van der Waals surface area contributed by atoms with E-state index in [1.165, 1.54) is 17.5 Å². The number of benzene rings is 1. The lowest BCUT2D eigenvalue weighted by molar-refractivity contribution is 0.189. The second kappa shape index (κ2) is 5.29. The van der Waals surface area contributed by atoms with E-state index in [1.807, 2.05) is 0 Å². The number of ether oxygens (including phenoxy) is 1. The van der Waals surface area contributed by atoms with Crippen LogP contribution in [0.5, 0.6) is 5.75 Å². The molecule has 0 amide bonds. The summed E-state index contributed by atoms with van der Waals surface area (Å²) in [5.74, 6) is 1.11. The van der Waals surface area contributed by atoms with Gasteiger partial charge in [-0.25, -0.2) is 0 Å². The molecule has 1 unspecified atom stereocenters.